The topological polar surface area (TPSA) is 85.3 Å². The number of anilines is 1. The number of hydrogen-bond acceptors (Lipinski definition) is 6. The third-order valence-corrected chi connectivity index (χ3v) is 5.85. The fourth-order valence-electron chi connectivity index (χ4n) is 4.16. The van der Waals surface area contributed by atoms with Gasteiger partial charge >= 0.3 is 0 Å². The number of aliphatic hydroxyl groups excluding tert-OH is 1. The standard InChI is InChI=1S/C29H27NO6/c1-4-36-22-14-12-21(13-15-22)30-27(20-11-17-24(34-2)25(18-20)35-3)26(28(32)29(30)33)23(31)16-10-19-8-6-5-7-9-19/h5-18,27,32H,4H2,1-3H3/b16-10+/t27-/m1/s1. The van der Waals surface area contributed by atoms with Crippen LogP contribution < -0.4 is 19.1 Å². The van der Waals surface area contributed by atoms with Crippen LogP contribution in [0.4, 0.5) is 5.69 Å². The van der Waals surface area contributed by atoms with E-state index in [1.54, 1.807) is 48.5 Å². The van der Waals surface area contributed by atoms with Gasteiger partial charge in [-0.05, 0) is 60.5 Å². The number of ketones is 1. The minimum Gasteiger partial charge on any atom is -0.503 e. The van der Waals surface area contributed by atoms with Crippen LogP contribution >= 0.6 is 0 Å². The highest BCUT2D eigenvalue weighted by molar-refractivity contribution is 6.19. The van der Waals surface area contributed by atoms with Crippen LogP contribution in [0, 0.1) is 0 Å². The van der Waals surface area contributed by atoms with Crippen molar-refractivity contribution >= 4 is 23.5 Å². The zero-order valence-corrected chi connectivity index (χ0v) is 20.3. The molecule has 7 heteroatoms. The molecule has 0 radical (unpaired) electrons. The van der Waals surface area contributed by atoms with E-state index in [9.17, 15) is 14.7 Å². The van der Waals surface area contributed by atoms with E-state index in [4.69, 9.17) is 14.2 Å². The highest BCUT2D eigenvalue weighted by Gasteiger charge is 2.44. The van der Waals surface area contributed by atoms with E-state index in [1.807, 2.05) is 37.3 Å². The van der Waals surface area contributed by atoms with Gasteiger partial charge in [0.25, 0.3) is 5.91 Å². The second-order valence-electron chi connectivity index (χ2n) is 7.99. The molecule has 1 aliphatic heterocycles. The van der Waals surface area contributed by atoms with Gasteiger partial charge in [0.15, 0.2) is 23.0 Å². The van der Waals surface area contributed by atoms with Gasteiger partial charge in [-0.25, -0.2) is 0 Å². The summed E-state index contributed by atoms with van der Waals surface area (Å²) in [5.41, 5.74) is 1.88. The first-order valence-electron chi connectivity index (χ1n) is 11.5. The molecule has 3 aromatic rings. The molecule has 0 saturated carbocycles. The Morgan fingerprint density at radius 1 is 0.972 bits per heavy atom. The highest BCUT2D eigenvalue weighted by atomic mass is 16.5. The molecule has 1 N–H and O–H groups in total. The van der Waals surface area contributed by atoms with Crippen molar-refractivity contribution in [1.29, 1.82) is 0 Å². The van der Waals surface area contributed by atoms with Crippen LogP contribution in [0.2, 0.25) is 0 Å². The maximum Gasteiger partial charge on any atom is 0.294 e. The van der Waals surface area contributed by atoms with Crippen molar-refractivity contribution in [2.75, 3.05) is 25.7 Å². The van der Waals surface area contributed by atoms with E-state index < -0.39 is 23.5 Å². The predicted molar refractivity (Wildman–Crippen MR) is 138 cm³/mol. The third-order valence-electron chi connectivity index (χ3n) is 5.85. The fraction of sp³-hybridized carbons (Fsp3) is 0.172. The van der Waals surface area contributed by atoms with Crippen molar-refractivity contribution < 1.29 is 28.9 Å². The first-order chi connectivity index (χ1) is 17.5. The molecule has 1 atom stereocenters. The number of carbonyl (C=O) groups is 2. The Morgan fingerprint density at radius 3 is 2.31 bits per heavy atom. The summed E-state index contributed by atoms with van der Waals surface area (Å²) in [4.78, 5) is 28.1. The number of aliphatic hydroxyl groups is 1. The zero-order valence-electron chi connectivity index (χ0n) is 20.3. The van der Waals surface area contributed by atoms with Crippen molar-refractivity contribution in [2.24, 2.45) is 0 Å². The van der Waals surface area contributed by atoms with Crippen LogP contribution in [-0.4, -0.2) is 37.6 Å². The summed E-state index contributed by atoms with van der Waals surface area (Å²) in [7, 11) is 3.03. The highest BCUT2D eigenvalue weighted by Crippen LogP contribution is 2.43. The number of allylic oxidation sites excluding steroid dienone is 1. The van der Waals surface area contributed by atoms with Crippen molar-refractivity contribution in [3.8, 4) is 17.2 Å². The third kappa shape index (κ3) is 4.81. The largest absolute Gasteiger partial charge is 0.503 e. The molecule has 1 aliphatic rings. The Bertz CT molecular complexity index is 1310. The van der Waals surface area contributed by atoms with Crippen LogP contribution in [0.1, 0.15) is 24.1 Å². The number of carbonyl (C=O) groups excluding carboxylic acids is 2. The van der Waals surface area contributed by atoms with Gasteiger partial charge in [-0.3, -0.25) is 14.5 Å². The van der Waals surface area contributed by atoms with E-state index in [0.29, 0.717) is 35.1 Å². The number of benzene rings is 3. The summed E-state index contributed by atoms with van der Waals surface area (Å²) in [6, 6.07) is 20.5. The minimum atomic E-state index is -0.886. The lowest BCUT2D eigenvalue weighted by Crippen LogP contribution is -2.30. The molecule has 1 heterocycles. The van der Waals surface area contributed by atoms with Gasteiger partial charge in [-0.15, -0.1) is 0 Å². The molecule has 36 heavy (non-hydrogen) atoms. The molecule has 0 fully saturated rings. The average Bonchev–Trinajstić information content (AvgIpc) is 3.18. The van der Waals surface area contributed by atoms with Crippen molar-refractivity contribution in [3.05, 3.63) is 101 Å². The summed E-state index contributed by atoms with van der Waals surface area (Å²) in [6.07, 6.45) is 3.02. The summed E-state index contributed by atoms with van der Waals surface area (Å²) in [5, 5.41) is 10.9. The van der Waals surface area contributed by atoms with E-state index in [0.717, 1.165) is 5.56 Å². The van der Waals surface area contributed by atoms with E-state index in [-0.39, 0.29) is 5.57 Å². The van der Waals surface area contributed by atoms with Crippen LogP contribution in [0.15, 0.2) is 90.2 Å². The van der Waals surface area contributed by atoms with Crippen LogP contribution in [0.3, 0.4) is 0 Å². The number of hydrogen-bond donors (Lipinski definition) is 1. The monoisotopic (exact) mass is 485 g/mol. The lowest BCUT2D eigenvalue weighted by Gasteiger charge is -2.27. The second kappa shape index (κ2) is 10.8. The summed E-state index contributed by atoms with van der Waals surface area (Å²) in [6.45, 7) is 2.39. The molecule has 1 amide bonds. The van der Waals surface area contributed by atoms with E-state index in [2.05, 4.69) is 0 Å². The Kier molecular flexibility index (Phi) is 7.39. The molecule has 0 spiro atoms. The fourth-order valence-corrected chi connectivity index (χ4v) is 4.16. The summed E-state index contributed by atoms with van der Waals surface area (Å²) >= 11 is 0. The number of methoxy groups -OCH3 is 2. The van der Waals surface area contributed by atoms with Gasteiger partial charge in [0.1, 0.15) is 5.75 Å². The smallest absolute Gasteiger partial charge is 0.294 e. The summed E-state index contributed by atoms with van der Waals surface area (Å²) < 4.78 is 16.3. The molecule has 7 nitrogen and oxygen atoms in total. The molecule has 0 bridgehead atoms. The normalized spacial score (nSPS) is 15.5. The summed E-state index contributed by atoms with van der Waals surface area (Å²) in [5.74, 6) is -0.148. The molecule has 0 saturated heterocycles. The number of rotatable bonds is 9. The van der Waals surface area contributed by atoms with Gasteiger partial charge in [0.05, 0.1) is 32.4 Å². The Hall–Kier alpha value is -4.52. The van der Waals surface area contributed by atoms with Crippen molar-refractivity contribution in [1.82, 2.24) is 0 Å². The molecule has 184 valence electrons. The minimum absolute atomic E-state index is 0.0201. The molecule has 0 unspecified atom stereocenters. The van der Waals surface area contributed by atoms with E-state index in [1.165, 1.54) is 25.2 Å². The van der Waals surface area contributed by atoms with Gasteiger partial charge in [-0.1, -0.05) is 42.5 Å². The Balaban J connectivity index is 1.80. The lowest BCUT2D eigenvalue weighted by molar-refractivity contribution is -0.117. The Labute approximate surface area is 209 Å². The second-order valence-corrected chi connectivity index (χ2v) is 7.99. The number of ether oxygens (including phenoxy) is 3. The number of amides is 1. The van der Waals surface area contributed by atoms with Crippen LogP contribution in [-0.2, 0) is 9.59 Å². The molecular weight excluding hydrogens is 458 g/mol. The van der Waals surface area contributed by atoms with Gasteiger partial charge in [-0.2, -0.15) is 0 Å². The molecule has 0 aromatic heterocycles. The Morgan fingerprint density at radius 2 is 1.67 bits per heavy atom. The molecule has 3 aromatic carbocycles. The predicted octanol–water partition coefficient (Wildman–Crippen LogP) is 5.29. The van der Waals surface area contributed by atoms with Crippen molar-refractivity contribution in [2.45, 2.75) is 13.0 Å². The maximum atomic E-state index is 13.4. The first kappa shape index (κ1) is 24.6. The first-order valence-corrected chi connectivity index (χ1v) is 11.5. The quantitative estimate of drug-likeness (QED) is 0.415. The molecule has 4 rings (SSSR count). The SMILES string of the molecule is CCOc1ccc(N2C(=O)C(O)=C(C(=O)/C=C/c3ccccc3)[C@H]2c2ccc(OC)c(OC)c2)cc1. The van der Waals surface area contributed by atoms with E-state index >= 15 is 0 Å². The zero-order chi connectivity index (χ0) is 25.7. The average molecular weight is 486 g/mol. The van der Waals surface area contributed by atoms with Crippen LogP contribution in [0.5, 0.6) is 17.2 Å². The molecule has 0 aliphatic carbocycles. The number of nitrogens with zero attached hydrogens (tertiary/aromatic N) is 1. The lowest BCUT2D eigenvalue weighted by atomic mass is 9.95. The van der Waals surface area contributed by atoms with Gasteiger partial charge in [0, 0.05) is 5.69 Å². The van der Waals surface area contributed by atoms with Gasteiger partial charge in [0.2, 0.25) is 0 Å². The maximum absolute atomic E-state index is 13.4. The molecular formula is C29H27NO6. The van der Waals surface area contributed by atoms with Crippen LogP contribution in [0.25, 0.3) is 6.08 Å². The van der Waals surface area contributed by atoms with Gasteiger partial charge < -0.3 is 19.3 Å². The van der Waals surface area contributed by atoms with Crippen molar-refractivity contribution in [3.63, 3.8) is 0 Å².